The number of carbonyl (C=O) groups excluding carboxylic acids is 1. The number of sulfonamides is 1. The molecule has 0 bridgehead atoms. The van der Waals surface area contributed by atoms with Gasteiger partial charge in [0.2, 0.25) is 10.0 Å². The molecule has 0 aliphatic rings. The summed E-state index contributed by atoms with van der Waals surface area (Å²) in [5, 5.41) is 12.8. The molecule has 23 heavy (non-hydrogen) atoms. The number of carboxylic acid groups (broad SMARTS) is 1. The number of thiophene rings is 1. The molecule has 0 unspecified atom stereocenters. The van der Waals surface area contributed by atoms with Crippen molar-refractivity contribution in [3.8, 4) is 0 Å². The molecular weight excluding hydrogens is 344 g/mol. The SMILES string of the molecule is CC(C)(C)OC(=O)NCCCNS(=O)(=O)c1ccsc1C(=O)O. The summed E-state index contributed by atoms with van der Waals surface area (Å²) in [6.45, 7) is 5.50. The average molecular weight is 364 g/mol. The number of carbonyl (C=O) groups is 2. The Kier molecular flexibility index (Phi) is 6.54. The van der Waals surface area contributed by atoms with Crippen LogP contribution in [-0.4, -0.2) is 44.3 Å². The number of carboxylic acids is 1. The lowest BCUT2D eigenvalue weighted by molar-refractivity contribution is 0.0527. The van der Waals surface area contributed by atoms with E-state index in [4.69, 9.17) is 9.84 Å². The first-order valence-corrected chi connectivity index (χ1v) is 9.16. The molecule has 0 fully saturated rings. The Morgan fingerprint density at radius 2 is 1.96 bits per heavy atom. The van der Waals surface area contributed by atoms with Gasteiger partial charge in [-0.2, -0.15) is 0 Å². The highest BCUT2D eigenvalue weighted by atomic mass is 32.2. The molecule has 0 saturated heterocycles. The van der Waals surface area contributed by atoms with Crippen molar-refractivity contribution in [2.75, 3.05) is 13.1 Å². The van der Waals surface area contributed by atoms with Crippen LogP contribution in [-0.2, 0) is 14.8 Å². The van der Waals surface area contributed by atoms with E-state index in [0.29, 0.717) is 6.42 Å². The largest absolute Gasteiger partial charge is 0.477 e. The van der Waals surface area contributed by atoms with Gasteiger partial charge in [-0.1, -0.05) is 0 Å². The van der Waals surface area contributed by atoms with E-state index in [-0.39, 0.29) is 22.9 Å². The first kappa shape index (κ1) is 19.4. The van der Waals surface area contributed by atoms with Crippen LogP contribution < -0.4 is 10.0 Å². The highest BCUT2D eigenvalue weighted by Crippen LogP contribution is 2.21. The second kappa shape index (κ2) is 7.75. The van der Waals surface area contributed by atoms with Gasteiger partial charge in [0, 0.05) is 13.1 Å². The standard InChI is InChI=1S/C13H20N2O6S2/c1-13(2,3)21-12(18)14-6-4-7-15-23(19,20)9-5-8-22-10(9)11(16)17/h5,8,15H,4,6-7H2,1-3H3,(H,14,18)(H,16,17). The van der Waals surface area contributed by atoms with Crippen LogP contribution in [0.25, 0.3) is 0 Å². The molecule has 1 aromatic rings. The van der Waals surface area contributed by atoms with Crippen LogP contribution in [0.3, 0.4) is 0 Å². The van der Waals surface area contributed by atoms with Gasteiger partial charge in [-0.25, -0.2) is 22.7 Å². The number of rotatable bonds is 7. The zero-order valence-electron chi connectivity index (χ0n) is 13.1. The Balaban J connectivity index is 2.42. The van der Waals surface area contributed by atoms with Crippen molar-refractivity contribution in [2.45, 2.75) is 37.7 Å². The lowest BCUT2D eigenvalue weighted by atomic mass is 10.2. The van der Waals surface area contributed by atoms with Crippen LogP contribution in [0.5, 0.6) is 0 Å². The lowest BCUT2D eigenvalue weighted by Gasteiger charge is -2.19. The molecule has 1 amide bonds. The van der Waals surface area contributed by atoms with Crippen LogP contribution in [0.2, 0.25) is 0 Å². The minimum Gasteiger partial charge on any atom is -0.477 e. The van der Waals surface area contributed by atoms with E-state index in [0.717, 1.165) is 11.3 Å². The first-order valence-electron chi connectivity index (χ1n) is 6.80. The normalized spacial score (nSPS) is 12.0. The Morgan fingerprint density at radius 1 is 1.30 bits per heavy atom. The van der Waals surface area contributed by atoms with E-state index in [2.05, 4.69) is 10.0 Å². The van der Waals surface area contributed by atoms with Crippen molar-refractivity contribution < 1.29 is 27.9 Å². The molecule has 0 aromatic carbocycles. The molecule has 10 heteroatoms. The van der Waals surface area contributed by atoms with E-state index in [9.17, 15) is 18.0 Å². The average Bonchev–Trinajstić information content (AvgIpc) is 2.86. The number of hydrogen-bond acceptors (Lipinski definition) is 6. The maximum absolute atomic E-state index is 12.0. The number of alkyl carbamates (subject to hydrolysis) is 1. The summed E-state index contributed by atoms with van der Waals surface area (Å²) in [4.78, 5) is 21.9. The van der Waals surface area contributed by atoms with E-state index < -0.39 is 27.7 Å². The van der Waals surface area contributed by atoms with Crippen molar-refractivity contribution in [3.05, 3.63) is 16.3 Å². The van der Waals surface area contributed by atoms with Crippen molar-refractivity contribution >= 4 is 33.4 Å². The Morgan fingerprint density at radius 3 is 2.52 bits per heavy atom. The summed E-state index contributed by atoms with van der Waals surface area (Å²) in [6.07, 6.45) is -0.239. The van der Waals surface area contributed by atoms with E-state index in [1.807, 2.05) is 0 Å². The number of ether oxygens (including phenoxy) is 1. The molecule has 0 aliphatic heterocycles. The molecule has 0 atom stereocenters. The zero-order chi connectivity index (χ0) is 17.7. The maximum atomic E-state index is 12.0. The second-order valence-corrected chi connectivity index (χ2v) is 8.25. The van der Waals surface area contributed by atoms with E-state index >= 15 is 0 Å². The van der Waals surface area contributed by atoms with Crippen LogP contribution in [0, 0.1) is 0 Å². The van der Waals surface area contributed by atoms with E-state index in [1.165, 1.54) is 11.4 Å². The Labute approximate surface area is 138 Å². The highest BCUT2D eigenvalue weighted by Gasteiger charge is 2.23. The molecule has 0 spiro atoms. The molecule has 3 N–H and O–H groups in total. The van der Waals surface area contributed by atoms with Gasteiger partial charge in [-0.05, 0) is 38.6 Å². The monoisotopic (exact) mass is 364 g/mol. The summed E-state index contributed by atoms with van der Waals surface area (Å²) < 4.78 is 31.4. The molecule has 1 rings (SSSR count). The van der Waals surface area contributed by atoms with Crippen molar-refractivity contribution in [1.29, 1.82) is 0 Å². The highest BCUT2D eigenvalue weighted by molar-refractivity contribution is 7.89. The topological polar surface area (TPSA) is 122 Å². The van der Waals surface area contributed by atoms with Gasteiger partial charge in [0.25, 0.3) is 0 Å². The van der Waals surface area contributed by atoms with Crippen molar-refractivity contribution in [3.63, 3.8) is 0 Å². The predicted molar refractivity (Wildman–Crippen MR) is 85.3 cm³/mol. The minimum atomic E-state index is -3.89. The van der Waals surface area contributed by atoms with E-state index in [1.54, 1.807) is 20.8 Å². The van der Waals surface area contributed by atoms with Crippen molar-refractivity contribution in [2.24, 2.45) is 0 Å². The quantitative estimate of drug-likeness (QED) is 0.632. The van der Waals surface area contributed by atoms with Gasteiger partial charge in [0.15, 0.2) is 0 Å². The van der Waals surface area contributed by atoms with Gasteiger partial charge < -0.3 is 15.2 Å². The van der Waals surface area contributed by atoms with Crippen LogP contribution in [0.1, 0.15) is 36.9 Å². The molecular formula is C13H20N2O6S2. The second-order valence-electron chi connectivity index (χ2n) is 5.60. The molecule has 1 aromatic heterocycles. The number of nitrogens with one attached hydrogen (secondary N) is 2. The maximum Gasteiger partial charge on any atom is 0.407 e. The fourth-order valence-corrected chi connectivity index (χ4v) is 3.87. The summed E-state index contributed by atoms with van der Waals surface area (Å²) in [6, 6.07) is 1.25. The van der Waals surface area contributed by atoms with Gasteiger partial charge in [0.05, 0.1) is 0 Å². The molecule has 0 aliphatic carbocycles. The van der Waals surface area contributed by atoms with Gasteiger partial charge in [-0.15, -0.1) is 11.3 Å². The van der Waals surface area contributed by atoms with Gasteiger partial charge in [0.1, 0.15) is 15.4 Å². The minimum absolute atomic E-state index is 0.0625. The summed E-state index contributed by atoms with van der Waals surface area (Å²) >= 11 is 0.845. The summed E-state index contributed by atoms with van der Waals surface area (Å²) in [7, 11) is -3.89. The first-order chi connectivity index (χ1) is 10.5. The fraction of sp³-hybridized carbons (Fsp3) is 0.538. The molecule has 8 nitrogen and oxygen atoms in total. The van der Waals surface area contributed by atoms with Crippen molar-refractivity contribution in [1.82, 2.24) is 10.0 Å². The molecule has 0 saturated carbocycles. The third-order valence-corrected chi connectivity index (χ3v) is 4.96. The molecule has 1 heterocycles. The Hall–Kier alpha value is -1.65. The predicted octanol–water partition coefficient (Wildman–Crippen LogP) is 1.64. The van der Waals surface area contributed by atoms with Gasteiger partial charge in [-0.3, -0.25) is 0 Å². The van der Waals surface area contributed by atoms with Crippen LogP contribution in [0.15, 0.2) is 16.3 Å². The number of hydrogen-bond donors (Lipinski definition) is 3. The number of amides is 1. The lowest BCUT2D eigenvalue weighted by Crippen LogP contribution is -2.34. The summed E-state index contributed by atoms with van der Waals surface area (Å²) in [5.74, 6) is -1.29. The molecule has 0 radical (unpaired) electrons. The Bertz CT molecular complexity index is 660. The smallest absolute Gasteiger partial charge is 0.407 e. The van der Waals surface area contributed by atoms with Crippen LogP contribution >= 0.6 is 11.3 Å². The molecule has 130 valence electrons. The third kappa shape index (κ3) is 6.55. The van der Waals surface area contributed by atoms with Crippen LogP contribution in [0.4, 0.5) is 4.79 Å². The third-order valence-electron chi connectivity index (χ3n) is 2.43. The zero-order valence-corrected chi connectivity index (χ0v) is 14.7. The fourth-order valence-electron chi connectivity index (χ4n) is 1.54. The number of aromatic carboxylic acids is 1. The summed E-state index contributed by atoms with van der Waals surface area (Å²) in [5.41, 5.74) is -0.599. The van der Waals surface area contributed by atoms with Gasteiger partial charge >= 0.3 is 12.1 Å².